The Morgan fingerprint density at radius 2 is 2.15 bits per heavy atom. The molecule has 20 heavy (non-hydrogen) atoms. The predicted molar refractivity (Wildman–Crippen MR) is 80.2 cm³/mol. The Morgan fingerprint density at radius 1 is 1.45 bits per heavy atom. The van der Waals surface area contributed by atoms with Gasteiger partial charge in [-0.15, -0.1) is 0 Å². The Labute approximate surface area is 120 Å². The molecule has 0 heterocycles. The number of anilines is 1. The van der Waals surface area contributed by atoms with E-state index in [4.69, 9.17) is 4.74 Å². The second kappa shape index (κ2) is 8.43. The molecular formula is C15H24N2O3. The third kappa shape index (κ3) is 5.48. The van der Waals surface area contributed by atoms with E-state index in [0.717, 1.165) is 6.42 Å². The van der Waals surface area contributed by atoms with E-state index in [1.165, 1.54) is 0 Å². The van der Waals surface area contributed by atoms with Crippen molar-refractivity contribution in [2.45, 2.75) is 32.8 Å². The normalized spacial score (nSPS) is 11.8. The zero-order chi connectivity index (χ0) is 15.0. The molecule has 1 atom stereocenters. The van der Waals surface area contributed by atoms with Gasteiger partial charge in [0.1, 0.15) is 5.75 Å². The number of rotatable bonds is 7. The monoisotopic (exact) mass is 280 g/mol. The standard InChI is InChI=1S/C15H24N2O3/c1-4-11-20-14-8-6-5-7-13(14)16-15(19)17(3)10-9-12(2)18/h5-8,12,18H,4,9-11H2,1-3H3,(H,16,19). The van der Waals surface area contributed by atoms with Crippen LogP contribution in [0.15, 0.2) is 24.3 Å². The minimum absolute atomic E-state index is 0.210. The lowest BCUT2D eigenvalue weighted by atomic mass is 10.3. The molecule has 5 heteroatoms. The molecule has 0 aromatic heterocycles. The summed E-state index contributed by atoms with van der Waals surface area (Å²) in [4.78, 5) is 13.6. The maximum atomic E-state index is 12.0. The quantitative estimate of drug-likeness (QED) is 0.807. The van der Waals surface area contributed by atoms with E-state index < -0.39 is 6.10 Å². The number of nitrogens with zero attached hydrogens (tertiary/aromatic N) is 1. The number of hydrogen-bond donors (Lipinski definition) is 2. The Morgan fingerprint density at radius 3 is 2.80 bits per heavy atom. The van der Waals surface area contributed by atoms with Crippen LogP contribution in [-0.2, 0) is 0 Å². The zero-order valence-electron chi connectivity index (χ0n) is 12.4. The fraction of sp³-hybridized carbons (Fsp3) is 0.533. The Hall–Kier alpha value is -1.75. The van der Waals surface area contributed by atoms with Gasteiger partial charge in [0.2, 0.25) is 0 Å². The van der Waals surface area contributed by atoms with Gasteiger partial charge in [0.05, 0.1) is 18.4 Å². The first-order valence-corrected chi connectivity index (χ1v) is 6.96. The first-order chi connectivity index (χ1) is 9.54. The molecule has 0 saturated carbocycles. The van der Waals surface area contributed by atoms with Crippen molar-refractivity contribution in [3.8, 4) is 5.75 Å². The highest BCUT2D eigenvalue weighted by atomic mass is 16.5. The highest BCUT2D eigenvalue weighted by molar-refractivity contribution is 5.90. The number of carbonyl (C=O) groups excluding carboxylic acids is 1. The second-order valence-electron chi connectivity index (χ2n) is 4.83. The van der Waals surface area contributed by atoms with E-state index in [0.29, 0.717) is 31.0 Å². The first-order valence-electron chi connectivity index (χ1n) is 6.96. The van der Waals surface area contributed by atoms with Gasteiger partial charge in [-0.05, 0) is 31.9 Å². The summed E-state index contributed by atoms with van der Waals surface area (Å²) in [7, 11) is 1.70. The largest absolute Gasteiger partial charge is 0.491 e. The SMILES string of the molecule is CCCOc1ccccc1NC(=O)N(C)CCC(C)O. The predicted octanol–water partition coefficient (Wildman–Crippen LogP) is 2.71. The van der Waals surface area contributed by atoms with Crippen molar-refractivity contribution in [1.82, 2.24) is 4.90 Å². The van der Waals surface area contributed by atoms with Gasteiger partial charge in [0.25, 0.3) is 0 Å². The van der Waals surface area contributed by atoms with E-state index in [2.05, 4.69) is 5.32 Å². The molecule has 0 bridgehead atoms. The summed E-state index contributed by atoms with van der Waals surface area (Å²) in [6, 6.07) is 7.16. The van der Waals surface area contributed by atoms with Crippen molar-refractivity contribution in [1.29, 1.82) is 0 Å². The van der Waals surface area contributed by atoms with Crippen LogP contribution in [0.5, 0.6) is 5.75 Å². The van der Waals surface area contributed by atoms with Gasteiger partial charge in [-0.2, -0.15) is 0 Å². The topological polar surface area (TPSA) is 61.8 Å². The van der Waals surface area contributed by atoms with Crippen LogP contribution in [0.4, 0.5) is 10.5 Å². The summed E-state index contributed by atoms with van der Waals surface area (Å²) in [5, 5.41) is 12.1. The molecule has 0 aliphatic carbocycles. The van der Waals surface area contributed by atoms with Crippen molar-refractivity contribution in [3.63, 3.8) is 0 Å². The van der Waals surface area contributed by atoms with E-state index in [1.807, 2.05) is 31.2 Å². The molecule has 5 nitrogen and oxygen atoms in total. The number of amides is 2. The average Bonchev–Trinajstić information content (AvgIpc) is 2.43. The first kappa shape index (κ1) is 16.3. The van der Waals surface area contributed by atoms with Crippen LogP contribution in [0.1, 0.15) is 26.7 Å². The second-order valence-corrected chi connectivity index (χ2v) is 4.83. The highest BCUT2D eigenvalue weighted by Crippen LogP contribution is 2.24. The average molecular weight is 280 g/mol. The molecular weight excluding hydrogens is 256 g/mol. The summed E-state index contributed by atoms with van der Waals surface area (Å²) in [5.41, 5.74) is 0.662. The Balaban J connectivity index is 2.60. The number of para-hydroxylation sites is 2. The minimum Gasteiger partial charge on any atom is -0.491 e. The molecule has 0 aliphatic rings. The van der Waals surface area contributed by atoms with Gasteiger partial charge >= 0.3 is 6.03 Å². The molecule has 0 aliphatic heterocycles. The third-order valence-corrected chi connectivity index (χ3v) is 2.82. The lowest BCUT2D eigenvalue weighted by Gasteiger charge is -2.20. The maximum absolute atomic E-state index is 12.0. The van der Waals surface area contributed by atoms with Crippen LogP contribution in [0.2, 0.25) is 0 Å². The molecule has 112 valence electrons. The van der Waals surface area contributed by atoms with E-state index in [9.17, 15) is 9.90 Å². The lowest BCUT2D eigenvalue weighted by Crippen LogP contribution is -2.33. The summed E-state index contributed by atoms with van der Waals surface area (Å²) in [6.45, 7) is 4.86. The molecule has 0 radical (unpaired) electrons. The maximum Gasteiger partial charge on any atom is 0.321 e. The third-order valence-electron chi connectivity index (χ3n) is 2.82. The molecule has 1 rings (SSSR count). The molecule has 1 aromatic rings. The number of nitrogens with one attached hydrogen (secondary N) is 1. The molecule has 2 N–H and O–H groups in total. The molecule has 1 aromatic carbocycles. The van der Waals surface area contributed by atoms with E-state index >= 15 is 0 Å². The molecule has 0 fully saturated rings. The highest BCUT2D eigenvalue weighted by Gasteiger charge is 2.12. The van der Waals surface area contributed by atoms with Gasteiger partial charge in [0.15, 0.2) is 0 Å². The van der Waals surface area contributed by atoms with Crippen molar-refractivity contribution < 1.29 is 14.6 Å². The number of benzene rings is 1. The van der Waals surface area contributed by atoms with Gasteiger partial charge in [-0.1, -0.05) is 19.1 Å². The number of aliphatic hydroxyl groups excluding tert-OH is 1. The zero-order valence-corrected chi connectivity index (χ0v) is 12.4. The van der Waals surface area contributed by atoms with Crippen molar-refractivity contribution >= 4 is 11.7 Å². The summed E-state index contributed by atoms with van der Waals surface area (Å²) < 4.78 is 5.59. The Kier molecular flexibility index (Phi) is 6.87. The van der Waals surface area contributed by atoms with Crippen LogP contribution in [-0.4, -0.2) is 42.3 Å². The summed E-state index contributed by atoms with van der Waals surface area (Å²) >= 11 is 0. The van der Waals surface area contributed by atoms with Gasteiger partial charge in [0, 0.05) is 13.6 Å². The van der Waals surface area contributed by atoms with Crippen molar-refractivity contribution in [2.75, 3.05) is 25.5 Å². The van der Waals surface area contributed by atoms with E-state index in [1.54, 1.807) is 18.9 Å². The molecule has 1 unspecified atom stereocenters. The van der Waals surface area contributed by atoms with Crippen LogP contribution in [0.3, 0.4) is 0 Å². The fourth-order valence-corrected chi connectivity index (χ4v) is 1.60. The number of ether oxygens (including phenoxy) is 1. The summed E-state index contributed by atoms with van der Waals surface area (Å²) in [5.74, 6) is 0.673. The smallest absolute Gasteiger partial charge is 0.321 e. The number of urea groups is 1. The van der Waals surface area contributed by atoms with Gasteiger partial charge in [-0.25, -0.2) is 4.79 Å². The van der Waals surface area contributed by atoms with E-state index in [-0.39, 0.29) is 6.03 Å². The van der Waals surface area contributed by atoms with Gasteiger partial charge in [-0.3, -0.25) is 0 Å². The molecule has 0 saturated heterocycles. The van der Waals surface area contributed by atoms with Crippen LogP contribution in [0.25, 0.3) is 0 Å². The number of carbonyl (C=O) groups is 1. The van der Waals surface area contributed by atoms with Crippen LogP contribution >= 0.6 is 0 Å². The van der Waals surface area contributed by atoms with Crippen molar-refractivity contribution in [3.05, 3.63) is 24.3 Å². The molecule has 0 spiro atoms. The minimum atomic E-state index is -0.412. The van der Waals surface area contributed by atoms with Crippen LogP contribution in [0, 0.1) is 0 Å². The summed E-state index contributed by atoms with van der Waals surface area (Å²) in [6.07, 6.45) is 1.06. The van der Waals surface area contributed by atoms with Crippen molar-refractivity contribution in [2.24, 2.45) is 0 Å². The Bertz CT molecular complexity index is 421. The lowest BCUT2D eigenvalue weighted by molar-refractivity contribution is 0.167. The molecule has 2 amide bonds. The number of aliphatic hydroxyl groups is 1. The fourth-order valence-electron chi connectivity index (χ4n) is 1.60. The van der Waals surface area contributed by atoms with Gasteiger partial charge < -0.3 is 20.1 Å². The van der Waals surface area contributed by atoms with Crippen LogP contribution < -0.4 is 10.1 Å². The number of hydrogen-bond acceptors (Lipinski definition) is 3.